The van der Waals surface area contributed by atoms with Crippen LogP contribution in [0.25, 0.3) is 0 Å². The first kappa shape index (κ1) is 15.7. The fourth-order valence-electron chi connectivity index (χ4n) is 2.01. The lowest BCUT2D eigenvalue weighted by Crippen LogP contribution is -2.16. The zero-order valence-electron chi connectivity index (χ0n) is 11.5. The zero-order valence-corrected chi connectivity index (χ0v) is 13.0. The minimum absolute atomic E-state index is 0.106. The van der Waals surface area contributed by atoms with E-state index in [0.29, 0.717) is 0 Å². The van der Waals surface area contributed by atoms with E-state index in [1.807, 2.05) is 31.4 Å². The van der Waals surface area contributed by atoms with E-state index < -0.39 is 10.7 Å². The summed E-state index contributed by atoms with van der Waals surface area (Å²) in [4.78, 5) is 11.5. The normalized spacial score (nSPS) is 12.4. The van der Waals surface area contributed by atoms with Gasteiger partial charge in [-0.1, -0.05) is 31.5 Å². The number of nitro groups is 1. The number of hydrogen-bond donors (Lipinski definition) is 1. The number of thiophene rings is 1. The maximum Gasteiger partial charge on any atom is 0.295 e. The Balaban J connectivity index is 2.41. The van der Waals surface area contributed by atoms with Crippen molar-refractivity contribution >= 4 is 34.3 Å². The quantitative estimate of drug-likeness (QED) is 0.601. The number of halogens is 2. The van der Waals surface area contributed by atoms with Crippen LogP contribution in [0.4, 0.5) is 15.8 Å². The molecule has 0 saturated heterocycles. The van der Waals surface area contributed by atoms with Crippen molar-refractivity contribution in [1.29, 1.82) is 0 Å². The van der Waals surface area contributed by atoms with Crippen LogP contribution in [-0.4, -0.2) is 4.92 Å². The Morgan fingerprint density at radius 2 is 2.14 bits per heavy atom. The molecule has 4 nitrogen and oxygen atoms in total. The molecule has 0 radical (unpaired) electrons. The number of rotatable bonds is 5. The van der Waals surface area contributed by atoms with Gasteiger partial charge in [0.2, 0.25) is 0 Å². The van der Waals surface area contributed by atoms with Gasteiger partial charge in [-0.05, 0) is 23.4 Å². The first-order valence-corrected chi connectivity index (χ1v) is 7.59. The van der Waals surface area contributed by atoms with Crippen molar-refractivity contribution in [1.82, 2.24) is 0 Å². The highest BCUT2D eigenvalue weighted by Gasteiger charge is 2.23. The van der Waals surface area contributed by atoms with E-state index >= 15 is 0 Å². The van der Waals surface area contributed by atoms with Crippen molar-refractivity contribution in [2.24, 2.45) is 5.92 Å². The average Bonchev–Trinajstić information content (AvgIpc) is 2.92. The van der Waals surface area contributed by atoms with Crippen molar-refractivity contribution < 1.29 is 9.31 Å². The van der Waals surface area contributed by atoms with Crippen LogP contribution in [0.3, 0.4) is 0 Å². The van der Waals surface area contributed by atoms with Gasteiger partial charge >= 0.3 is 0 Å². The maximum atomic E-state index is 13.4. The Bertz CT molecular complexity index is 647. The fourth-order valence-corrected chi connectivity index (χ4v) is 3.12. The Hall–Kier alpha value is -1.66. The fraction of sp³-hybridized carbons (Fsp3) is 0.286. The van der Waals surface area contributed by atoms with E-state index in [1.165, 1.54) is 6.07 Å². The molecule has 0 saturated carbocycles. The molecule has 0 amide bonds. The van der Waals surface area contributed by atoms with E-state index in [0.717, 1.165) is 10.9 Å². The highest BCUT2D eigenvalue weighted by Crippen LogP contribution is 2.36. The molecule has 1 N–H and O–H groups in total. The molecule has 1 heterocycles. The van der Waals surface area contributed by atoms with Crippen LogP contribution in [-0.2, 0) is 0 Å². The third kappa shape index (κ3) is 3.51. The van der Waals surface area contributed by atoms with E-state index in [2.05, 4.69) is 5.32 Å². The maximum absolute atomic E-state index is 13.4. The largest absolute Gasteiger partial charge is 0.372 e. The van der Waals surface area contributed by atoms with Gasteiger partial charge in [-0.2, -0.15) is 0 Å². The molecule has 112 valence electrons. The van der Waals surface area contributed by atoms with Crippen LogP contribution < -0.4 is 5.32 Å². The molecular weight excluding hydrogens is 315 g/mol. The molecule has 2 rings (SSSR count). The number of hydrogen-bond acceptors (Lipinski definition) is 4. The van der Waals surface area contributed by atoms with Gasteiger partial charge in [-0.15, -0.1) is 11.3 Å². The van der Waals surface area contributed by atoms with Gasteiger partial charge < -0.3 is 5.32 Å². The Kier molecular flexibility index (Phi) is 4.80. The molecule has 1 atom stereocenters. The molecule has 0 spiro atoms. The molecule has 1 unspecified atom stereocenters. The molecular formula is C14H14ClFN2O2S. The van der Waals surface area contributed by atoms with Gasteiger partial charge in [0.15, 0.2) is 0 Å². The molecule has 1 aromatic heterocycles. The molecule has 1 aromatic carbocycles. The number of benzene rings is 1. The molecule has 21 heavy (non-hydrogen) atoms. The summed E-state index contributed by atoms with van der Waals surface area (Å²) in [6, 6.07) is 5.88. The topological polar surface area (TPSA) is 55.2 Å². The van der Waals surface area contributed by atoms with Gasteiger partial charge in [-0.25, -0.2) is 4.39 Å². The standard InChI is InChI=1S/C14H14ClFN2O2S/c1-8(2)14(13-4-3-5-21-13)17-11-6-9(15)10(16)7-12(11)18(19)20/h3-8,14,17H,1-2H3. The SMILES string of the molecule is CC(C)C(Nc1cc(Cl)c(F)cc1[N+](=O)[O-])c1cccs1. The number of nitrogens with one attached hydrogen (secondary N) is 1. The second-order valence-corrected chi connectivity index (χ2v) is 6.31. The number of nitrogens with zero attached hydrogens (tertiary/aromatic N) is 1. The molecule has 0 aliphatic rings. The van der Waals surface area contributed by atoms with Gasteiger partial charge in [0.25, 0.3) is 5.69 Å². The predicted molar refractivity (Wildman–Crippen MR) is 83.6 cm³/mol. The Morgan fingerprint density at radius 3 is 2.67 bits per heavy atom. The summed E-state index contributed by atoms with van der Waals surface area (Å²) in [7, 11) is 0. The minimum Gasteiger partial charge on any atom is -0.372 e. The van der Waals surface area contributed by atoms with Crippen LogP contribution in [0, 0.1) is 21.8 Å². The lowest BCUT2D eigenvalue weighted by atomic mass is 10.0. The van der Waals surface area contributed by atoms with Crippen LogP contribution in [0.5, 0.6) is 0 Å². The summed E-state index contributed by atoms with van der Waals surface area (Å²) in [5.41, 5.74) is -0.0994. The minimum atomic E-state index is -0.800. The highest BCUT2D eigenvalue weighted by atomic mass is 35.5. The zero-order chi connectivity index (χ0) is 15.6. The summed E-state index contributed by atoms with van der Waals surface area (Å²) in [5, 5.41) is 16.0. The van der Waals surface area contributed by atoms with Crippen LogP contribution >= 0.6 is 22.9 Å². The third-order valence-electron chi connectivity index (χ3n) is 3.06. The molecule has 0 aliphatic heterocycles. The van der Waals surface area contributed by atoms with E-state index in [9.17, 15) is 14.5 Å². The highest BCUT2D eigenvalue weighted by molar-refractivity contribution is 7.10. The average molecular weight is 329 g/mol. The summed E-state index contributed by atoms with van der Waals surface area (Å²) in [5.74, 6) is -0.599. The summed E-state index contributed by atoms with van der Waals surface area (Å²) in [6.45, 7) is 4.02. The first-order valence-electron chi connectivity index (χ1n) is 6.33. The number of nitro benzene ring substituents is 1. The summed E-state index contributed by atoms with van der Waals surface area (Å²) < 4.78 is 13.4. The summed E-state index contributed by atoms with van der Waals surface area (Å²) >= 11 is 7.30. The van der Waals surface area contributed by atoms with Crippen molar-refractivity contribution in [3.8, 4) is 0 Å². The van der Waals surface area contributed by atoms with E-state index in [-0.39, 0.29) is 28.4 Å². The smallest absolute Gasteiger partial charge is 0.295 e. The summed E-state index contributed by atoms with van der Waals surface area (Å²) in [6.07, 6.45) is 0. The predicted octanol–water partition coefficient (Wildman–Crippen LogP) is 5.26. The Labute approximate surface area is 130 Å². The molecule has 0 aliphatic carbocycles. The lowest BCUT2D eigenvalue weighted by Gasteiger charge is -2.22. The van der Waals surface area contributed by atoms with Crippen molar-refractivity contribution in [2.75, 3.05) is 5.32 Å². The van der Waals surface area contributed by atoms with Gasteiger partial charge in [0, 0.05) is 4.88 Å². The molecule has 7 heteroatoms. The second-order valence-electron chi connectivity index (χ2n) is 4.92. The second kappa shape index (κ2) is 6.41. The van der Waals surface area contributed by atoms with E-state index in [4.69, 9.17) is 11.6 Å². The first-order chi connectivity index (χ1) is 9.90. The lowest BCUT2D eigenvalue weighted by molar-refractivity contribution is -0.384. The molecule has 2 aromatic rings. The molecule has 0 fully saturated rings. The van der Waals surface area contributed by atoms with Crippen molar-refractivity contribution in [3.63, 3.8) is 0 Å². The monoisotopic (exact) mass is 328 g/mol. The van der Waals surface area contributed by atoms with Gasteiger partial charge in [-0.3, -0.25) is 10.1 Å². The van der Waals surface area contributed by atoms with E-state index in [1.54, 1.807) is 11.3 Å². The van der Waals surface area contributed by atoms with Gasteiger partial charge in [0.1, 0.15) is 11.5 Å². The Morgan fingerprint density at radius 1 is 1.43 bits per heavy atom. The molecule has 0 bridgehead atoms. The van der Waals surface area contributed by atoms with Crippen molar-refractivity contribution in [2.45, 2.75) is 19.9 Å². The third-order valence-corrected chi connectivity index (χ3v) is 4.31. The van der Waals surface area contributed by atoms with Crippen LogP contribution in [0.2, 0.25) is 5.02 Å². The van der Waals surface area contributed by atoms with Crippen LogP contribution in [0.1, 0.15) is 24.8 Å². The van der Waals surface area contributed by atoms with Crippen LogP contribution in [0.15, 0.2) is 29.6 Å². The van der Waals surface area contributed by atoms with Gasteiger partial charge in [0.05, 0.1) is 22.1 Å². The number of anilines is 1. The van der Waals surface area contributed by atoms with Crippen molar-refractivity contribution in [3.05, 3.63) is 55.5 Å².